The number of carboxylic acid groups (broad SMARTS) is 1. The molecule has 0 saturated carbocycles. The van der Waals surface area contributed by atoms with Crippen molar-refractivity contribution in [3.05, 3.63) is 36.2 Å². The Labute approximate surface area is 125 Å². The molecular formula is C15H15FN2O2S. The van der Waals surface area contributed by atoms with Crippen LogP contribution in [-0.4, -0.2) is 26.4 Å². The van der Waals surface area contributed by atoms with Crippen molar-refractivity contribution in [2.45, 2.75) is 30.5 Å². The fraction of sp³-hybridized carbons (Fsp3) is 0.333. The topological polar surface area (TPSA) is 55.1 Å². The van der Waals surface area contributed by atoms with Crippen LogP contribution in [0.25, 0.3) is 11.0 Å². The first-order valence-electron chi connectivity index (χ1n) is 6.82. The average Bonchev–Trinajstić information content (AvgIpc) is 2.83. The van der Waals surface area contributed by atoms with Gasteiger partial charge in [0.2, 0.25) is 0 Å². The highest BCUT2D eigenvalue weighted by Gasteiger charge is 2.20. The lowest BCUT2D eigenvalue weighted by molar-refractivity contribution is -0.133. The van der Waals surface area contributed by atoms with Crippen LogP contribution in [0, 0.1) is 5.82 Å². The smallest absolute Gasteiger partial charge is 0.313 e. The summed E-state index contributed by atoms with van der Waals surface area (Å²) in [4.78, 5) is 15.3. The van der Waals surface area contributed by atoms with Crippen molar-refractivity contribution in [3.63, 3.8) is 0 Å². The van der Waals surface area contributed by atoms with Crippen molar-refractivity contribution < 1.29 is 14.3 Å². The Hall–Kier alpha value is -1.82. The number of thioether (sulfide) groups is 1. The summed E-state index contributed by atoms with van der Waals surface area (Å²) in [5.74, 6) is -1.23. The maximum Gasteiger partial charge on any atom is 0.313 e. The van der Waals surface area contributed by atoms with Crippen molar-refractivity contribution in [1.82, 2.24) is 9.55 Å². The highest BCUT2D eigenvalue weighted by Crippen LogP contribution is 2.33. The van der Waals surface area contributed by atoms with Gasteiger partial charge in [-0.25, -0.2) is 9.37 Å². The fourth-order valence-electron chi connectivity index (χ4n) is 2.64. The van der Waals surface area contributed by atoms with Gasteiger partial charge < -0.3 is 9.67 Å². The van der Waals surface area contributed by atoms with E-state index < -0.39 is 5.97 Å². The molecule has 1 heterocycles. The zero-order valence-electron chi connectivity index (χ0n) is 11.3. The second-order valence-electron chi connectivity index (χ2n) is 5.02. The number of hydrogen-bond donors (Lipinski definition) is 1. The molecule has 0 bridgehead atoms. The summed E-state index contributed by atoms with van der Waals surface area (Å²) < 4.78 is 15.5. The minimum absolute atomic E-state index is 0.0473. The van der Waals surface area contributed by atoms with Crippen LogP contribution < -0.4 is 0 Å². The average molecular weight is 306 g/mol. The number of hydrogen-bond acceptors (Lipinski definition) is 3. The quantitative estimate of drug-likeness (QED) is 0.692. The number of benzene rings is 1. The Kier molecular flexibility index (Phi) is 3.96. The van der Waals surface area contributed by atoms with E-state index in [9.17, 15) is 9.18 Å². The lowest BCUT2D eigenvalue weighted by Crippen LogP contribution is -2.12. The fourth-order valence-corrected chi connectivity index (χ4v) is 3.44. The van der Waals surface area contributed by atoms with E-state index >= 15 is 0 Å². The van der Waals surface area contributed by atoms with Crippen LogP contribution in [0.1, 0.15) is 25.3 Å². The first kappa shape index (κ1) is 14.1. The number of imidazole rings is 1. The minimum atomic E-state index is -0.881. The highest BCUT2D eigenvalue weighted by atomic mass is 32.2. The first-order chi connectivity index (χ1) is 10.1. The van der Waals surface area contributed by atoms with Crippen LogP contribution in [0.2, 0.25) is 0 Å². The highest BCUT2D eigenvalue weighted by molar-refractivity contribution is 7.99. The Balaban J connectivity index is 2.06. The largest absolute Gasteiger partial charge is 0.481 e. The number of aromatic nitrogens is 2. The summed E-state index contributed by atoms with van der Waals surface area (Å²) in [5, 5.41) is 9.52. The Morgan fingerprint density at radius 1 is 1.48 bits per heavy atom. The number of aliphatic carboxylic acids is 1. The van der Waals surface area contributed by atoms with Gasteiger partial charge in [0.1, 0.15) is 5.82 Å². The van der Waals surface area contributed by atoms with E-state index in [1.165, 1.54) is 23.9 Å². The number of carbonyl (C=O) groups is 1. The molecule has 6 heteroatoms. The van der Waals surface area contributed by atoms with Gasteiger partial charge in [0.25, 0.3) is 0 Å². The molecule has 1 aromatic heterocycles. The van der Waals surface area contributed by atoms with Gasteiger partial charge in [0.05, 0.1) is 16.8 Å². The van der Waals surface area contributed by atoms with Gasteiger partial charge in [-0.15, -0.1) is 0 Å². The molecule has 1 unspecified atom stereocenters. The summed E-state index contributed by atoms with van der Waals surface area (Å²) in [5.41, 5.74) is 1.45. The van der Waals surface area contributed by atoms with E-state index in [1.807, 2.05) is 4.57 Å². The molecule has 0 spiro atoms. The third-order valence-corrected chi connectivity index (χ3v) is 4.49. The van der Waals surface area contributed by atoms with Gasteiger partial charge in [-0.3, -0.25) is 4.79 Å². The summed E-state index contributed by atoms with van der Waals surface area (Å²) in [6, 6.07) is 4.71. The number of halogens is 1. The summed E-state index contributed by atoms with van der Waals surface area (Å²) in [6.07, 6.45) is 7.05. The van der Waals surface area contributed by atoms with Crippen molar-refractivity contribution >= 4 is 28.8 Å². The molecule has 110 valence electrons. The predicted octanol–water partition coefficient (Wildman–Crippen LogP) is 3.63. The molecule has 0 fully saturated rings. The van der Waals surface area contributed by atoms with Gasteiger partial charge in [-0.2, -0.15) is 0 Å². The van der Waals surface area contributed by atoms with Crippen LogP contribution >= 0.6 is 11.8 Å². The lowest BCUT2D eigenvalue weighted by Gasteiger charge is -2.22. The molecule has 0 radical (unpaired) electrons. The Morgan fingerprint density at radius 2 is 2.33 bits per heavy atom. The first-order valence-corrected chi connectivity index (χ1v) is 7.81. The maximum absolute atomic E-state index is 13.6. The van der Waals surface area contributed by atoms with E-state index in [4.69, 9.17) is 5.11 Å². The Bertz CT molecular complexity index is 711. The van der Waals surface area contributed by atoms with Crippen LogP contribution in [0.5, 0.6) is 0 Å². The van der Waals surface area contributed by atoms with E-state index in [0.29, 0.717) is 10.7 Å². The van der Waals surface area contributed by atoms with Crippen molar-refractivity contribution in [2.24, 2.45) is 0 Å². The van der Waals surface area contributed by atoms with Gasteiger partial charge >= 0.3 is 5.97 Å². The van der Waals surface area contributed by atoms with Crippen LogP contribution in [-0.2, 0) is 4.79 Å². The van der Waals surface area contributed by atoms with E-state index in [0.717, 1.165) is 24.8 Å². The van der Waals surface area contributed by atoms with Crippen LogP contribution in [0.4, 0.5) is 4.39 Å². The molecule has 0 aliphatic heterocycles. The molecule has 3 rings (SSSR count). The Morgan fingerprint density at radius 3 is 3.05 bits per heavy atom. The van der Waals surface area contributed by atoms with E-state index in [-0.39, 0.29) is 17.6 Å². The molecular weight excluding hydrogens is 291 g/mol. The lowest BCUT2D eigenvalue weighted by atomic mass is 10.0. The minimum Gasteiger partial charge on any atom is -0.481 e. The predicted molar refractivity (Wildman–Crippen MR) is 80.1 cm³/mol. The van der Waals surface area contributed by atoms with Gasteiger partial charge in [-0.1, -0.05) is 23.9 Å². The second-order valence-corrected chi connectivity index (χ2v) is 5.96. The SMILES string of the molecule is O=C(O)CSc1nc2ccc(F)cc2n1C1CC=CCC1. The molecule has 21 heavy (non-hydrogen) atoms. The van der Waals surface area contributed by atoms with Crippen molar-refractivity contribution in [1.29, 1.82) is 0 Å². The molecule has 1 aromatic carbocycles. The van der Waals surface area contributed by atoms with Gasteiger partial charge in [0.15, 0.2) is 5.16 Å². The van der Waals surface area contributed by atoms with Gasteiger partial charge in [-0.05, 0) is 37.5 Å². The number of fused-ring (bicyclic) bond motifs is 1. The normalized spacial score (nSPS) is 18.2. The zero-order chi connectivity index (χ0) is 14.8. The van der Waals surface area contributed by atoms with Gasteiger partial charge in [0, 0.05) is 6.04 Å². The van der Waals surface area contributed by atoms with Crippen molar-refractivity contribution in [2.75, 3.05) is 5.75 Å². The standard InChI is InChI=1S/C15H15FN2O2S/c16-10-6-7-12-13(8-10)18(11-4-2-1-3-5-11)15(17-12)21-9-14(19)20/h1-2,6-8,11H,3-5,9H2,(H,19,20). The zero-order valence-corrected chi connectivity index (χ0v) is 12.1. The van der Waals surface area contributed by atoms with E-state index in [2.05, 4.69) is 17.1 Å². The third kappa shape index (κ3) is 2.95. The van der Waals surface area contributed by atoms with Crippen LogP contribution in [0.15, 0.2) is 35.5 Å². The molecule has 4 nitrogen and oxygen atoms in total. The molecule has 1 aliphatic carbocycles. The monoisotopic (exact) mass is 306 g/mol. The maximum atomic E-state index is 13.6. The molecule has 2 aromatic rings. The van der Waals surface area contributed by atoms with E-state index in [1.54, 1.807) is 6.07 Å². The molecule has 0 amide bonds. The summed E-state index contributed by atoms with van der Waals surface area (Å²) in [6.45, 7) is 0. The number of rotatable bonds is 4. The molecule has 1 N–H and O–H groups in total. The molecule has 1 atom stereocenters. The number of carboxylic acids is 1. The van der Waals surface area contributed by atoms with Crippen LogP contribution in [0.3, 0.4) is 0 Å². The number of allylic oxidation sites excluding steroid dienone is 2. The summed E-state index contributed by atoms with van der Waals surface area (Å²) in [7, 11) is 0. The summed E-state index contributed by atoms with van der Waals surface area (Å²) >= 11 is 1.19. The third-order valence-electron chi connectivity index (χ3n) is 3.55. The molecule has 0 saturated heterocycles. The molecule has 1 aliphatic rings. The number of nitrogens with zero attached hydrogens (tertiary/aromatic N) is 2. The second kappa shape index (κ2) is 5.89. The van der Waals surface area contributed by atoms with Crippen molar-refractivity contribution in [3.8, 4) is 0 Å².